The Balaban J connectivity index is 1.88. The molecule has 0 bridgehead atoms. The van der Waals surface area contributed by atoms with Gasteiger partial charge in [-0.25, -0.2) is 13.1 Å². The number of likely N-dealkylation sites (N-methyl/N-ethyl adjacent to an activating group) is 1. The Hall–Kier alpha value is -2.68. The van der Waals surface area contributed by atoms with Gasteiger partial charge < -0.3 is 5.32 Å². The highest BCUT2D eigenvalue weighted by Crippen LogP contribution is 2.27. The molecule has 0 spiro atoms. The number of aryl methyl sites for hydroxylation is 1. The molecule has 0 aliphatic heterocycles. The van der Waals surface area contributed by atoms with E-state index in [-0.39, 0.29) is 23.4 Å². The third-order valence-electron chi connectivity index (χ3n) is 5.12. The minimum absolute atomic E-state index is 0.0846. The summed E-state index contributed by atoms with van der Waals surface area (Å²) in [6.45, 7) is 9.61. The smallest absolute Gasteiger partial charge is 0.243 e. The van der Waals surface area contributed by atoms with Gasteiger partial charge in [0.25, 0.3) is 0 Å². The molecular formula is C24H29ClN4O3S. The van der Waals surface area contributed by atoms with Gasteiger partial charge in [-0.1, -0.05) is 51.4 Å². The van der Waals surface area contributed by atoms with Gasteiger partial charge in [0, 0.05) is 23.0 Å². The molecule has 0 saturated carbocycles. The number of nitrogens with one attached hydrogen (secondary N) is 1. The molecule has 0 saturated heterocycles. The Kier molecular flexibility index (Phi) is 7.31. The number of halogens is 1. The van der Waals surface area contributed by atoms with Crippen LogP contribution in [0.15, 0.2) is 59.5 Å². The first kappa shape index (κ1) is 25.0. The SMILES string of the molecule is CCN(CC(=O)Nc1cc(C(C)(C)C)nn1-c1cccc(C)c1)S(=O)(=O)c1ccc(Cl)cc1. The second-order valence-corrected chi connectivity index (χ2v) is 11.2. The summed E-state index contributed by atoms with van der Waals surface area (Å²) in [6.07, 6.45) is 0. The van der Waals surface area contributed by atoms with Gasteiger partial charge in [-0.3, -0.25) is 4.79 Å². The van der Waals surface area contributed by atoms with Crippen LogP contribution in [0.4, 0.5) is 5.82 Å². The summed E-state index contributed by atoms with van der Waals surface area (Å²) < 4.78 is 28.8. The Morgan fingerprint density at radius 3 is 2.36 bits per heavy atom. The summed E-state index contributed by atoms with van der Waals surface area (Å²) in [6, 6.07) is 15.5. The summed E-state index contributed by atoms with van der Waals surface area (Å²) >= 11 is 5.88. The van der Waals surface area contributed by atoms with E-state index in [1.165, 1.54) is 24.3 Å². The van der Waals surface area contributed by atoms with E-state index in [1.54, 1.807) is 11.6 Å². The Bertz CT molecular complexity index is 1250. The van der Waals surface area contributed by atoms with Gasteiger partial charge in [0.1, 0.15) is 5.82 Å². The molecule has 0 atom stereocenters. The standard InChI is InChI=1S/C24H29ClN4O3S/c1-6-28(33(31,32)20-12-10-18(25)11-13-20)16-23(30)26-22-15-21(24(3,4)5)27-29(22)19-9-7-8-17(2)14-19/h7-15H,6,16H2,1-5H3,(H,26,30). The van der Waals surface area contributed by atoms with Crippen LogP contribution in [0.1, 0.15) is 39.0 Å². The monoisotopic (exact) mass is 488 g/mol. The lowest BCUT2D eigenvalue weighted by Crippen LogP contribution is -2.38. The normalized spacial score (nSPS) is 12.2. The number of carbonyl (C=O) groups excluding carboxylic acids is 1. The molecule has 7 nitrogen and oxygen atoms in total. The molecular weight excluding hydrogens is 460 g/mol. The molecule has 1 aromatic heterocycles. The molecule has 0 unspecified atom stereocenters. The quantitative estimate of drug-likeness (QED) is 0.518. The van der Waals surface area contributed by atoms with Gasteiger partial charge in [0.2, 0.25) is 15.9 Å². The van der Waals surface area contributed by atoms with Gasteiger partial charge in [0.15, 0.2) is 0 Å². The molecule has 3 aromatic rings. The third-order valence-corrected chi connectivity index (χ3v) is 7.30. The molecule has 33 heavy (non-hydrogen) atoms. The van der Waals surface area contributed by atoms with E-state index < -0.39 is 15.9 Å². The highest BCUT2D eigenvalue weighted by Gasteiger charge is 2.27. The zero-order valence-corrected chi connectivity index (χ0v) is 21.0. The van der Waals surface area contributed by atoms with Crippen molar-refractivity contribution in [3.63, 3.8) is 0 Å². The fraction of sp³-hybridized carbons (Fsp3) is 0.333. The number of hydrogen-bond acceptors (Lipinski definition) is 4. The fourth-order valence-electron chi connectivity index (χ4n) is 3.26. The van der Waals surface area contributed by atoms with Gasteiger partial charge in [-0.2, -0.15) is 9.40 Å². The largest absolute Gasteiger partial charge is 0.309 e. The topological polar surface area (TPSA) is 84.3 Å². The van der Waals surface area contributed by atoms with Crippen molar-refractivity contribution in [2.45, 2.75) is 44.9 Å². The molecule has 0 radical (unpaired) electrons. The number of amides is 1. The summed E-state index contributed by atoms with van der Waals surface area (Å²) in [5, 5.41) is 8.00. The van der Waals surface area contributed by atoms with E-state index in [2.05, 4.69) is 5.32 Å². The Labute approximate surface area is 200 Å². The van der Waals surface area contributed by atoms with E-state index in [4.69, 9.17) is 16.7 Å². The van der Waals surface area contributed by atoms with Crippen LogP contribution < -0.4 is 5.32 Å². The van der Waals surface area contributed by atoms with E-state index >= 15 is 0 Å². The van der Waals surface area contributed by atoms with E-state index in [0.717, 1.165) is 21.2 Å². The molecule has 9 heteroatoms. The highest BCUT2D eigenvalue weighted by atomic mass is 35.5. The minimum atomic E-state index is -3.85. The van der Waals surface area contributed by atoms with Gasteiger partial charge in [-0.15, -0.1) is 0 Å². The number of anilines is 1. The van der Waals surface area contributed by atoms with Gasteiger partial charge >= 0.3 is 0 Å². The van der Waals surface area contributed by atoms with Crippen LogP contribution in [0.25, 0.3) is 5.69 Å². The lowest BCUT2D eigenvalue weighted by atomic mass is 9.92. The van der Waals surface area contributed by atoms with Crippen molar-refractivity contribution < 1.29 is 13.2 Å². The van der Waals surface area contributed by atoms with Crippen LogP contribution in [0, 0.1) is 6.92 Å². The van der Waals surface area contributed by atoms with Crippen molar-refractivity contribution in [3.05, 3.63) is 70.9 Å². The Morgan fingerprint density at radius 2 is 1.79 bits per heavy atom. The van der Waals surface area contributed by atoms with Crippen LogP contribution in [-0.2, 0) is 20.2 Å². The first-order valence-electron chi connectivity index (χ1n) is 10.6. The van der Waals surface area contributed by atoms with Crippen molar-refractivity contribution in [2.75, 3.05) is 18.4 Å². The maximum atomic E-state index is 13.0. The molecule has 2 aromatic carbocycles. The van der Waals surface area contributed by atoms with Crippen LogP contribution in [0.2, 0.25) is 5.02 Å². The van der Waals surface area contributed by atoms with Crippen LogP contribution in [0.5, 0.6) is 0 Å². The first-order chi connectivity index (χ1) is 15.4. The molecule has 1 heterocycles. The van der Waals surface area contributed by atoms with Crippen molar-refractivity contribution in [1.82, 2.24) is 14.1 Å². The fourth-order valence-corrected chi connectivity index (χ4v) is 4.79. The molecule has 3 rings (SSSR count). The summed E-state index contributed by atoms with van der Waals surface area (Å²) in [4.78, 5) is 13.0. The summed E-state index contributed by atoms with van der Waals surface area (Å²) in [5.74, 6) is 0.0270. The van der Waals surface area contributed by atoms with Crippen molar-refractivity contribution in [3.8, 4) is 5.69 Å². The maximum absolute atomic E-state index is 13.0. The highest BCUT2D eigenvalue weighted by molar-refractivity contribution is 7.89. The average molecular weight is 489 g/mol. The predicted octanol–water partition coefficient (Wildman–Crippen LogP) is 4.78. The van der Waals surface area contributed by atoms with Crippen molar-refractivity contribution >= 4 is 33.3 Å². The lowest BCUT2D eigenvalue weighted by Gasteiger charge is -2.20. The molecule has 1 N–H and O–H groups in total. The second-order valence-electron chi connectivity index (χ2n) is 8.85. The first-order valence-corrected chi connectivity index (χ1v) is 12.5. The van der Waals surface area contributed by atoms with E-state index in [0.29, 0.717) is 10.8 Å². The van der Waals surface area contributed by atoms with E-state index in [9.17, 15) is 13.2 Å². The van der Waals surface area contributed by atoms with Crippen molar-refractivity contribution in [2.24, 2.45) is 0 Å². The maximum Gasteiger partial charge on any atom is 0.243 e. The molecule has 0 aliphatic carbocycles. The number of benzene rings is 2. The Morgan fingerprint density at radius 1 is 1.12 bits per heavy atom. The van der Waals surface area contributed by atoms with Gasteiger partial charge in [0.05, 0.1) is 22.8 Å². The average Bonchev–Trinajstić information content (AvgIpc) is 3.16. The molecule has 0 fully saturated rings. The lowest BCUT2D eigenvalue weighted by molar-refractivity contribution is -0.116. The van der Waals surface area contributed by atoms with Crippen LogP contribution >= 0.6 is 11.6 Å². The number of hydrogen-bond donors (Lipinski definition) is 1. The number of carbonyl (C=O) groups is 1. The number of sulfonamides is 1. The molecule has 0 aliphatic rings. The zero-order valence-electron chi connectivity index (χ0n) is 19.5. The summed E-state index contributed by atoms with van der Waals surface area (Å²) in [7, 11) is -3.85. The predicted molar refractivity (Wildman–Crippen MR) is 132 cm³/mol. The van der Waals surface area contributed by atoms with Crippen molar-refractivity contribution in [1.29, 1.82) is 0 Å². The van der Waals surface area contributed by atoms with Crippen LogP contribution in [-0.4, -0.2) is 41.5 Å². The number of rotatable bonds is 7. The van der Waals surface area contributed by atoms with Crippen LogP contribution in [0.3, 0.4) is 0 Å². The third kappa shape index (κ3) is 5.82. The van der Waals surface area contributed by atoms with E-state index in [1.807, 2.05) is 58.0 Å². The number of aromatic nitrogens is 2. The van der Waals surface area contributed by atoms with Gasteiger partial charge in [-0.05, 0) is 48.9 Å². The number of nitrogens with zero attached hydrogens (tertiary/aromatic N) is 3. The summed E-state index contributed by atoms with van der Waals surface area (Å²) in [5.41, 5.74) is 2.44. The molecule has 176 valence electrons. The molecule has 1 amide bonds. The second kappa shape index (κ2) is 9.67. The minimum Gasteiger partial charge on any atom is -0.309 e. The zero-order chi connectivity index (χ0) is 24.4.